The zero-order chi connectivity index (χ0) is 18.4. The van der Waals surface area contributed by atoms with Crippen molar-refractivity contribution in [2.75, 3.05) is 0 Å². The van der Waals surface area contributed by atoms with E-state index in [-0.39, 0.29) is 0 Å². The molecule has 0 aromatic heterocycles. The summed E-state index contributed by atoms with van der Waals surface area (Å²) in [7, 11) is 0. The van der Waals surface area contributed by atoms with Crippen molar-refractivity contribution < 1.29 is 19.1 Å². The van der Waals surface area contributed by atoms with Crippen LogP contribution in [-0.4, -0.2) is 23.6 Å². The number of hydrogen-bond donors (Lipinski definition) is 1. The minimum Gasteiger partial charge on any atom is -0.456 e. The number of rotatable bonds is 5. The molecule has 0 aliphatic rings. The summed E-state index contributed by atoms with van der Waals surface area (Å²) in [6.07, 6.45) is 0.398. The first kappa shape index (κ1) is 18.7. The molecule has 2 rings (SSSR count). The largest absolute Gasteiger partial charge is 0.456 e. The average molecular weight is 341 g/mol. The Morgan fingerprint density at radius 2 is 1.60 bits per heavy atom. The lowest BCUT2D eigenvalue weighted by Gasteiger charge is -2.19. The highest BCUT2D eigenvalue weighted by Gasteiger charge is 2.19. The van der Waals surface area contributed by atoms with Crippen LogP contribution in [0.2, 0.25) is 0 Å². The Morgan fingerprint density at radius 3 is 2.16 bits per heavy atom. The molecule has 0 heterocycles. The third-order valence-electron chi connectivity index (χ3n) is 3.31. The molecular formula is C20H23NO4. The van der Waals surface area contributed by atoms with E-state index in [9.17, 15) is 9.59 Å². The molecule has 0 fully saturated rings. The Hall–Kier alpha value is -2.66. The average Bonchev–Trinajstić information content (AvgIpc) is 2.54. The van der Waals surface area contributed by atoms with Gasteiger partial charge < -0.3 is 15.2 Å². The minimum absolute atomic E-state index is 0.334. The number of esters is 2. The maximum atomic E-state index is 12.1. The summed E-state index contributed by atoms with van der Waals surface area (Å²) in [6.45, 7) is 5.40. The van der Waals surface area contributed by atoms with Crippen molar-refractivity contribution in [1.29, 1.82) is 0 Å². The van der Waals surface area contributed by atoms with Gasteiger partial charge in [0, 0.05) is 0 Å². The number of carbonyl (C=O) groups excluding carboxylic acids is 2. The SMILES string of the molecule is CC(C)(C)OC(=O)c1ccc(OC(=O)[C@@H](N)Cc2ccccc2)cc1. The fraction of sp³-hybridized carbons (Fsp3) is 0.300. The van der Waals surface area contributed by atoms with Crippen LogP contribution >= 0.6 is 0 Å². The van der Waals surface area contributed by atoms with Gasteiger partial charge in [-0.2, -0.15) is 0 Å². The van der Waals surface area contributed by atoms with Crippen LogP contribution in [0, 0.1) is 0 Å². The third-order valence-corrected chi connectivity index (χ3v) is 3.31. The standard InChI is InChI=1S/C20H23NO4/c1-20(2,3)25-18(22)15-9-11-16(12-10-15)24-19(23)17(21)13-14-7-5-4-6-8-14/h4-12,17H,13,21H2,1-3H3/t17-/m0/s1. The van der Waals surface area contributed by atoms with Gasteiger partial charge in [-0.25, -0.2) is 9.59 Å². The predicted molar refractivity (Wildman–Crippen MR) is 95.4 cm³/mol. The van der Waals surface area contributed by atoms with Crippen molar-refractivity contribution in [2.24, 2.45) is 5.73 Å². The normalized spacial score (nSPS) is 12.3. The van der Waals surface area contributed by atoms with Crippen molar-refractivity contribution in [3.8, 4) is 5.75 Å². The second-order valence-corrected chi connectivity index (χ2v) is 6.74. The lowest BCUT2D eigenvalue weighted by Crippen LogP contribution is -2.36. The molecule has 0 saturated carbocycles. The highest BCUT2D eigenvalue weighted by molar-refractivity contribution is 5.90. The lowest BCUT2D eigenvalue weighted by molar-refractivity contribution is -0.135. The first-order chi connectivity index (χ1) is 11.7. The van der Waals surface area contributed by atoms with Crippen molar-refractivity contribution in [2.45, 2.75) is 38.8 Å². The van der Waals surface area contributed by atoms with E-state index in [4.69, 9.17) is 15.2 Å². The van der Waals surface area contributed by atoms with Gasteiger partial charge in [-0.3, -0.25) is 0 Å². The summed E-state index contributed by atoms with van der Waals surface area (Å²) in [6, 6.07) is 14.9. The van der Waals surface area contributed by atoms with Crippen molar-refractivity contribution in [1.82, 2.24) is 0 Å². The molecule has 0 spiro atoms. The van der Waals surface area contributed by atoms with E-state index in [1.54, 1.807) is 45.0 Å². The molecule has 5 heteroatoms. The smallest absolute Gasteiger partial charge is 0.338 e. The van der Waals surface area contributed by atoms with Crippen LogP contribution < -0.4 is 10.5 Å². The van der Waals surface area contributed by atoms with Crippen molar-refractivity contribution >= 4 is 11.9 Å². The topological polar surface area (TPSA) is 78.6 Å². The van der Waals surface area contributed by atoms with Gasteiger partial charge in [0.25, 0.3) is 0 Å². The predicted octanol–water partition coefficient (Wildman–Crippen LogP) is 3.12. The molecule has 2 aromatic carbocycles. The molecule has 5 nitrogen and oxygen atoms in total. The molecule has 0 saturated heterocycles. The molecule has 0 aliphatic carbocycles. The number of ether oxygens (including phenoxy) is 2. The number of carbonyl (C=O) groups is 2. The van der Waals surface area contributed by atoms with E-state index in [1.165, 1.54) is 0 Å². The molecular weight excluding hydrogens is 318 g/mol. The fourth-order valence-electron chi connectivity index (χ4n) is 2.14. The van der Waals surface area contributed by atoms with E-state index in [0.717, 1.165) is 5.56 Å². The van der Waals surface area contributed by atoms with Crippen LogP contribution in [0.4, 0.5) is 0 Å². The summed E-state index contributed by atoms with van der Waals surface area (Å²) >= 11 is 0. The molecule has 1 atom stereocenters. The summed E-state index contributed by atoms with van der Waals surface area (Å²) in [4.78, 5) is 24.0. The molecule has 132 valence electrons. The van der Waals surface area contributed by atoms with Crippen LogP contribution in [0.15, 0.2) is 54.6 Å². The monoisotopic (exact) mass is 341 g/mol. The van der Waals surface area contributed by atoms with Gasteiger partial charge in [0.2, 0.25) is 0 Å². The molecule has 0 unspecified atom stereocenters. The summed E-state index contributed by atoms with van der Waals surface area (Å²) in [5.74, 6) is -0.610. The Morgan fingerprint density at radius 1 is 1.00 bits per heavy atom. The second kappa shape index (κ2) is 7.94. The quantitative estimate of drug-likeness (QED) is 0.668. The highest BCUT2D eigenvalue weighted by atomic mass is 16.6. The second-order valence-electron chi connectivity index (χ2n) is 6.74. The molecule has 0 radical (unpaired) electrons. The van der Waals surface area contributed by atoms with Crippen LogP contribution in [-0.2, 0) is 16.0 Å². The van der Waals surface area contributed by atoms with Gasteiger partial charge in [0.05, 0.1) is 5.56 Å². The maximum Gasteiger partial charge on any atom is 0.338 e. The van der Waals surface area contributed by atoms with E-state index in [1.807, 2.05) is 30.3 Å². The molecule has 0 aliphatic heterocycles. The Labute approximate surface area is 147 Å². The van der Waals surface area contributed by atoms with Crippen LogP contribution in [0.1, 0.15) is 36.7 Å². The first-order valence-electron chi connectivity index (χ1n) is 8.09. The van der Waals surface area contributed by atoms with Crippen molar-refractivity contribution in [3.05, 3.63) is 65.7 Å². The van der Waals surface area contributed by atoms with Crippen molar-refractivity contribution in [3.63, 3.8) is 0 Å². The Bertz CT molecular complexity index is 718. The summed E-state index contributed by atoms with van der Waals surface area (Å²) in [5, 5.41) is 0. The first-order valence-corrected chi connectivity index (χ1v) is 8.09. The molecule has 25 heavy (non-hydrogen) atoms. The number of nitrogens with two attached hydrogens (primary N) is 1. The van der Waals surface area contributed by atoms with E-state index in [2.05, 4.69) is 0 Å². The minimum atomic E-state index is -0.757. The number of hydrogen-bond acceptors (Lipinski definition) is 5. The van der Waals surface area contributed by atoms with Gasteiger partial charge in [0.15, 0.2) is 0 Å². The van der Waals surface area contributed by atoms with E-state index < -0.39 is 23.6 Å². The van der Waals surface area contributed by atoms with Gasteiger partial charge in [0.1, 0.15) is 17.4 Å². The molecule has 0 bridgehead atoms. The molecule has 2 aromatic rings. The maximum absolute atomic E-state index is 12.1. The van der Waals surface area contributed by atoms with Crippen LogP contribution in [0.3, 0.4) is 0 Å². The van der Waals surface area contributed by atoms with Gasteiger partial charge in [-0.05, 0) is 57.0 Å². The van der Waals surface area contributed by atoms with Gasteiger partial charge in [-0.15, -0.1) is 0 Å². The van der Waals surface area contributed by atoms with Gasteiger partial charge >= 0.3 is 11.9 Å². The highest BCUT2D eigenvalue weighted by Crippen LogP contribution is 2.17. The number of benzene rings is 2. The Balaban J connectivity index is 1.94. The molecule has 2 N–H and O–H groups in total. The fourth-order valence-corrected chi connectivity index (χ4v) is 2.14. The third kappa shape index (κ3) is 6.04. The summed E-state index contributed by atoms with van der Waals surface area (Å²) < 4.78 is 10.6. The molecule has 0 amide bonds. The Kier molecular flexibility index (Phi) is 5.93. The van der Waals surface area contributed by atoms with E-state index >= 15 is 0 Å². The van der Waals surface area contributed by atoms with E-state index in [0.29, 0.717) is 17.7 Å². The van der Waals surface area contributed by atoms with Gasteiger partial charge in [-0.1, -0.05) is 30.3 Å². The zero-order valence-corrected chi connectivity index (χ0v) is 14.7. The lowest BCUT2D eigenvalue weighted by atomic mass is 10.1. The zero-order valence-electron chi connectivity index (χ0n) is 14.7. The summed E-state index contributed by atoms with van der Waals surface area (Å²) in [5.41, 5.74) is 6.69. The van der Waals surface area contributed by atoms with Crippen LogP contribution in [0.5, 0.6) is 5.75 Å². The van der Waals surface area contributed by atoms with Crippen LogP contribution in [0.25, 0.3) is 0 Å².